The maximum absolute atomic E-state index is 11.4. The Labute approximate surface area is 124 Å². The molecule has 2 rings (SSSR count). The molecule has 1 atom stereocenters. The van der Waals surface area contributed by atoms with Crippen LogP contribution in [0.4, 0.5) is 0 Å². The van der Waals surface area contributed by atoms with Gasteiger partial charge in [0, 0.05) is 13.2 Å². The molecule has 0 bridgehead atoms. The number of aliphatic hydroxyl groups excluding tert-OH is 1. The number of carboxylic acid groups (broad SMARTS) is 1. The van der Waals surface area contributed by atoms with Gasteiger partial charge in [0.15, 0.2) is 0 Å². The van der Waals surface area contributed by atoms with Crippen LogP contribution in [0.5, 0.6) is 0 Å². The summed E-state index contributed by atoms with van der Waals surface area (Å²) in [5.41, 5.74) is 1.68. The summed E-state index contributed by atoms with van der Waals surface area (Å²) in [5.74, 6) is 0.214. The molecule has 5 heteroatoms. The van der Waals surface area contributed by atoms with E-state index in [2.05, 4.69) is 11.9 Å². The first-order chi connectivity index (χ1) is 10.1. The van der Waals surface area contributed by atoms with Crippen molar-refractivity contribution in [1.29, 1.82) is 0 Å². The third kappa shape index (κ3) is 3.24. The molecule has 0 aliphatic heterocycles. The van der Waals surface area contributed by atoms with E-state index in [1.165, 1.54) is 0 Å². The summed E-state index contributed by atoms with van der Waals surface area (Å²) in [4.78, 5) is 15.9. The van der Waals surface area contributed by atoms with Crippen LogP contribution in [0.3, 0.4) is 0 Å². The van der Waals surface area contributed by atoms with Crippen LogP contribution in [0.25, 0.3) is 11.0 Å². The molecule has 114 valence electrons. The lowest BCUT2D eigenvalue weighted by atomic mass is 10.00. The number of aliphatic hydroxyl groups is 1. The van der Waals surface area contributed by atoms with Crippen molar-refractivity contribution < 1.29 is 15.0 Å². The Kier molecular flexibility index (Phi) is 4.96. The number of rotatable bonds is 7. The van der Waals surface area contributed by atoms with Crippen molar-refractivity contribution in [2.75, 3.05) is 6.61 Å². The van der Waals surface area contributed by atoms with Crippen molar-refractivity contribution in [3.8, 4) is 0 Å². The Hall–Kier alpha value is -1.88. The third-order valence-corrected chi connectivity index (χ3v) is 3.86. The number of hydrogen-bond acceptors (Lipinski definition) is 3. The van der Waals surface area contributed by atoms with Crippen LogP contribution in [0.1, 0.15) is 42.4 Å². The van der Waals surface area contributed by atoms with Gasteiger partial charge in [0.2, 0.25) is 0 Å². The molecule has 0 amide bonds. The molecule has 0 spiro atoms. The smallest absolute Gasteiger partial charge is 0.337 e. The van der Waals surface area contributed by atoms with Gasteiger partial charge in [-0.2, -0.15) is 0 Å². The second-order valence-corrected chi connectivity index (χ2v) is 5.42. The molecule has 0 aliphatic rings. The number of hydrogen-bond donors (Lipinski definition) is 2. The van der Waals surface area contributed by atoms with Crippen LogP contribution in [0.15, 0.2) is 18.2 Å². The quantitative estimate of drug-likeness (QED) is 0.822. The van der Waals surface area contributed by atoms with Crippen LogP contribution in [-0.2, 0) is 6.54 Å². The number of carboxylic acids is 1. The number of imidazole rings is 1. The first-order valence-corrected chi connectivity index (χ1v) is 7.38. The Morgan fingerprint density at radius 3 is 2.76 bits per heavy atom. The van der Waals surface area contributed by atoms with Crippen molar-refractivity contribution in [2.24, 2.45) is 5.92 Å². The van der Waals surface area contributed by atoms with Crippen molar-refractivity contribution in [3.05, 3.63) is 29.6 Å². The van der Waals surface area contributed by atoms with Crippen molar-refractivity contribution in [3.63, 3.8) is 0 Å². The van der Waals surface area contributed by atoms with Gasteiger partial charge in [-0.25, -0.2) is 9.78 Å². The summed E-state index contributed by atoms with van der Waals surface area (Å²) < 4.78 is 1.98. The largest absolute Gasteiger partial charge is 0.478 e. The van der Waals surface area contributed by atoms with Gasteiger partial charge in [0.25, 0.3) is 0 Å². The van der Waals surface area contributed by atoms with Crippen molar-refractivity contribution in [2.45, 2.75) is 39.7 Å². The predicted molar refractivity (Wildman–Crippen MR) is 81.5 cm³/mol. The summed E-state index contributed by atoms with van der Waals surface area (Å²) in [5, 5.41) is 18.6. The third-order valence-electron chi connectivity index (χ3n) is 3.86. The van der Waals surface area contributed by atoms with Gasteiger partial charge >= 0.3 is 5.97 Å². The Balaban J connectivity index is 2.47. The van der Waals surface area contributed by atoms with Gasteiger partial charge in [-0.1, -0.05) is 19.4 Å². The van der Waals surface area contributed by atoms with Gasteiger partial charge in [-0.3, -0.25) is 0 Å². The first-order valence-electron chi connectivity index (χ1n) is 7.38. The summed E-state index contributed by atoms with van der Waals surface area (Å²) in [6.45, 7) is 4.86. The average Bonchev–Trinajstić information content (AvgIpc) is 2.75. The highest BCUT2D eigenvalue weighted by Crippen LogP contribution is 2.24. The van der Waals surface area contributed by atoms with Crippen LogP contribution in [0, 0.1) is 12.8 Å². The first kappa shape index (κ1) is 15.5. The second-order valence-electron chi connectivity index (χ2n) is 5.42. The SMILES string of the molecule is CCCC(CCO)Cn1c(C)nc2cccc(C(=O)O)c21. The number of para-hydroxylation sites is 1. The standard InChI is InChI=1S/C16H22N2O3/c1-3-5-12(8-9-19)10-18-11(2)17-14-7-4-6-13(15(14)18)16(20)21/h4,6-7,12,19H,3,5,8-10H2,1-2H3,(H,20,21). The fraction of sp³-hybridized carbons (Fsp3) is 0.500. The number of fused-ring (bicyclic) bond motifs is 1. The second kappa shape index (κ2) is 6.72. The zero-order chi connectivity index (χ0) is 15.4. The molecule has 5 nitrogen and oxygen atoms in total. The molecular formula is C16H22N2O3. The van der Waals surface area contributed by atoms with E-state index in [0.29, 0.717) is 23.5 Å². The molecule has 21 heavy (non-hydrogen) atoms. The Bertz CT molecular complexity index is 628. The topological polar surface area (TPSA) is 75.3 Å². The summed E-state index contributed by atoms with van der Waals surface area (Å²) in [6.07, 6.45) is 2.78. The lowest BCUT2D eigenvalue weighted by molar-refractivity contribution is 0.0698. The molecule has 1 aromatic heterocycles. The molecule has 0 saturated heterocycles. The van der Waals surface area contributed by atoms with E-state index in [0.717, 1.165) is 25.1 Å². The van der Waals surface area contributed by atoms with E-state index in [1.54, 1.807) is 12.1 Å². The van der Waals surface area contributed by atoms with Crippen LogP contribution >= 0.6 is 0 Å². The monoisotopic (exact) mass is 290 g/mol. The number of carbonyl (C=O) groups is 1. The predicted octanol–water partition coefficient (Wildman–Crippen LogP) is 2.84. The summed E-state index contributed by atoms with van der Waals surface area (Å²) in [7, 11) is 0. The van der Waals surface area contributed by atoms with E-state index in [9.17, 15) is 15.0 Å². The molecule has 1 unspecified atom stereocenters. The average molecular weight is 290 g/mol. The number of benzene rings is 1. The van der Waals surface area contributed by atoms with Gasteiger partial charge in [-0.15, -0.1) is 0 Å². The maximum atomic E-state index is 11.4. The van der Waals surface area contributed by atoms with E-state index in [4.69, 9.17) is 0 Å². The molecule has 1 aromatic carbocycles. The van der Waals surface area contributed by atoms with Crippen molar-refractivity contribution in [1.82, 2.24) is 9.55 Å². The number of aromatic nitrogens is 2. The lowest BCUT2D eigenvalue weighted by Gasteiger charge is -2.18. The molecule has 2 aromatic rings. The van der Waals surface area contributed by atoms with Gasteiger partial charge in [0.1, 0.15) is 5.82 Å². The minimum absolute atomic E-state index is 0.155. The van der Waals surface area contributed by atoms with Gasteiger partial charge < -0.3 is 14.8 Å². The highest BCUT2D eigenvalue weighted by atomic mass is 16.4. The fourth-order valence-electron chi connectivity index (χ4n) is 2.87. The Morgan fingerprint density at radius 1 is 1.38 bits per heavy atom. The van der Waals surface area contributed by atoms with E-state index < -0.39 is 5.97 Å². The normalized spacial score (nSPS) is 12.7. The summed E-state index contributed by atoms with van der Waals surface area (Å²) >= 11 is 0. The summed E-state index contributed by atoms with van der Waals surface area (Å²) in [6, 6.07) is 5.18. The number of nitrogens with zero attached hydrogens (tertiary/aromatic N) is 2. The fourth-order valence-corrected chi connectivity index (χ4v) is 2.87. The molecule has 0 aliphatic carbocycles. The van der Waals surface area contributed by atoms with Crippen LogP contribution < -0.4 is 0 Å². The molecule has 1 heterocycles. The minimum atomic E-state index is -0.934. The van der Waals surface area contributed by atoms with Gasteiger partial charge in [-0.05, 0) is 37.8 Å². The van der Waals surface area contributed by atoms with Gasteiger partial charge in [0.05, 0.1) is 16.6 Å². The molecule has 0 radical (unpaired) electrons. The molecule has 2 N–H and O–H groups in total. The highest BCUT2D eigenvalue weighted by Gasteiger charge is 2.18. The number of aromatic carboxylic acids is 1. The zero-order valence-corrected chi connectivity index (χ0v) is 12.5. The Morgan fingerprint density at radius 2 is 2.14 bits per heavy atom. The van der Waals surface area contributed by atoms with Crippen LogP contribution in [-0.4, -0.2) is 32.3 Å². The van der Waals surface area contributed by atoms with Crippen LogP contribution in [0.2, 0.25) is 0 Å². The lowest BCUT2D eigenvalue weighted by Crippen LogP contribution is -2.14. The number of aryl methyl sites for hydroxylation is 1. The van der Waals surface area contributed by atoms with E-state index in [-0.39, 0.29) is 12.2 Å². The van der Waals surface area contributed by atoms with E-state index >= 15 is 0 Å². The van der Waals surface area contributed by atoms with Crippen molar-refractivity contribution >= 4 is 17.0 Å². The highest BCUT2D eigenvalue weighted by molar-refractivity contribution is 6.01. The zero-order valence-electron chi connectivity index (χ0n) is 12.5. The molecular weight excluding hydrogens is 268 g/mol. The maximum Gasteiger partial charge on any atom is 0.337 e. The van der Waals surface area contributed by atoms with E-state index in [1.807, 2.05) is 17.6 Å². The molecule has 0 fully saturated rings. The minimum Gasteiger partial charge on any atom is -0.478 e. The molecule has 0 saturated carbocycles.